The van der Waals surface area contributed by atoms with Crippen LogP contribution in [-0.4, -0.2) is 21.4 Å². The van der Waals surface area contributed by atoms with E-state index in [-0.39, 0.29) is 17.9 Å². The van der Waals surface area contributed by atoms with Gasteiger partial charge in [0.25, 0.3) is 0 Å². The predicted molar refractivity (Wildman–Crippen MR) is 93.5 cm³/mol. The highest BCUT2D eigenvalue weighted by atomic mass is 16.3. The summed E-state index contributed by atoms with van der Waals surface area (Å²) in [7, 11) is 0. The van der Waals surface area contributed by atoms with Gasteiger partial charge in [-0.3, -0.25) is 0 Å². The Morgan fingerprint density at radius 3 is 2.39 bits per heavy atom. The number of phenolic OH excluding ortho intramolecular Hbond substituents is 2. The lowest BCUT2D eigenvalue weighted by molar-refractivity contribution is 0.210. The molecule has 2 aromatic carbocycles. The molecule has 2 aromatic rings. The van der Waals surface area contributed by atoms with Gasteiger partial charge in [-0.25, -0.2) is 0 Å². The molecule has 0 heterocycles. The van der Waals surface area contributed by atoms with E-state index in [9.17, 15) is 15.3 Å². The van der Waals surface area contributed by atoms with Crippen LogP contribution in [-0.2, 0) is 12.8 Å². The number of hydrogen-bond donors (Lipinski definition) is 3. The first-order valence-electron chi connectivity index (χ1n) is 7.56. The summed E-state index contributed by atoms with van der Waals surface area (Å²) >= 11 is 0. The maximum atomic E-state index is 9.98. The molecular formula is C20H22O3. The number of aromatic hydroxyl groups is 2. The van der Waals surface area contributed by atoms with Gasteiger partial charge in [0.1, 0.15) is 11.5 Å². The standard InChI is InChI=1S/C20H22O3/c1-14(2)18(21)12-17-11-16(19(22)13-20(17)23)10-6-9-15-7-4-3-5-8-15/h3-9,11,13,18,21-23H,1,10,12H2,2H3/t18-/m1/s1. The molecule has 23 heavy (non-hydrogen) atoms. The fourth-order valence-corrected chi connectivity index (χ4v) is 2.27. The number of rotatable bonds is 6. The van der Waals surface area contributed by atoms with Crippen molar-refractivity contribution >= 4 is 6.08 Å². The highest BCUT2D eigenvalue weighted by Crippen LogP contribution is 2.29. The van der Waals surface area contributed by atoms with Gasteiger partial charge in [-0.2, -0.15) is 0 Å². The topological polar surface area (TPSA) is 60.7 Å². The van der Waals surface area contributed by atoms with Crippen LogP contribution < -0.4 is 0 Å². The number of allylic oxidation sites excluding steroid dienone is 1. The van der Waals surface area contributed by atoms with Gasteiger partial charge in [-0.1, -0.05) is 54.6 Å². The van der Waals surface area contributed by atoms with Crippen molar-refractivity contribution in [1.29, 1.82) is 0 Å². The second kappa shape index (κ2) is 7.65. The van der Waals surface area contributed by atoms with Crippen molar-refractivity contribution in [1.82, 2.24) is 0 Å². The van der Waals surface area contributed by atoms with Gasteiger partial charge in [-0.05, 0) is 36.1 Å². The molecule has 0 spiro atoms. The summed E-state index contributed by atoms with van der Waals surface area (Å²) in [5.74, 6) is 0.0346. The molecule has 0 aromatic heterocycles. The van der Waals surface area contributed by atoms with Gasteiger partial charge in [-0.15, -0.1) is 0 Å². The third kappa shape index (κ3) is 4.73. The SMILES string of the molecule is C=C(C)[C@H](O)Cc1cc(CC=Cc2ccccc2)c(O)cc1O. The molecule has 0 fully saturated rings. The van der Waals surface area contributed by atoms with E-state index in [0.717, 1.165) is 5.56 Å². The van der Waals surface area contributed by atoms with E-state index in [1.165, 1.54) is 6.07 Å². The molecule has 0 aliphatic rings. The van der Waals surface area contributed by atoms with E-state index in [2.05, 4.69) is 6.58 Å². The van der Waals surface area contributed by atoms with Gasteiger partial charge < -0.3 is 15.3 Å². The van der Waals surface area contributed by atoms with E-state index in [0.29, 0.717) is 23.1 Å². The molecule has 0 saturated heterocycles. The molecule has 0 aliphatic heterocycles. The van der Waals surface area contributed by atoms with Crippen molar-refractivity contribution < 1.29 is 15.3 Å². The molecule has 0 aliphatic carbocycles. The Morgan fingerprint density at radius 2 is 1.74 bits per heavy atom. The summed E-state index contributed by atoms with van der Waals surface area (Å²) in [5, 5.41) is 29.8. The molecule has 0 bridgehead atoms. The van der Waals surface area contributed by atoms with E-state index >= 15 is 0 Å². The summed E-state index contributed by atoms with van der Waals surface area (Å²) in [6.45, 7) is 5.45. The fraction of sp³-hybridized carbons (Fsp3) is 0.200. The molecule has 0 amide bonds. The van der Waals surface area contributed by atoms with Crippen LogP contribution in [0.5, 0.6) is 11.5 Å². The smallest absolute Gasteiger partial charge is 0.122 e. The number of aliphatic hydroxyl groups excluding tert-OH is 1. The molecular weight excluding hydrogens is 288 g/mol. The number of benzene rings is 2. The summed E-state index contributed by atoms with van der Waals surface area (Å²) in [5.41, 5.74) is 3.03. The molecule has 2 rings (SSSR count). The van der Waals surface area contributed by atoms with Gasteiger partial charge in [0.05, 0.1) is 6.10 Å². The Bertz CT molecular complexity index is 702. The molecule has 3 heteroatoms. The van der Waals surface area contributed by atoms with Crippen LogP contribution in [0.25, 0.3) is 6.08 Å². The fourth-order valence-electron chi connectivity index (χ4n) is 2.27. The van der Waals surface area contributed by atoms with Gasteiger partial charge in [0.2, 0.25) is 0 Å². The zero-order chi connectivity index (χ0) is 16.8. The second-order valence-corrected chi connectivity index (χ2v) is 5.69. The molecule has 1 atom stereocenters. The Labute approximate surface area is 136 Å². The predicted octanol–water partition coefficient (Wildman–Crippen LogP) is 3.83. The summed E-state index contributed by atoms with van der Waals surface area (Å²) in [6.07, 6.45) is 4.04. The Hall–Kier alpha value is -2.52. The van der Waals surface area contributed by atoms with Gasteiger partial charge in [0, 0.05) is 12.5 Å². The van der Waals surface area contributed by atoms with Gasteiger partial charge >= 0.3 is 0 Å². The highest BCUT2D eigenvalue weighted by Gasteiger charge is 2.12. The second-order valence-electron chi connectivity index (χ2n) is 5.69. The average Bonchev–Trinajstić information content (AvgIpc) is 2.52. The van der Waals surface area contributed by atoms with E-state index in [4.69, 9.17) is 0 Å². The van der Waals surface area contributed by atoms with Crippen LogP contribution in [0.1, 0.15) is 23.6 Å². The molecule has 0 radical (unpaired) electrons. The summed E-state index contributed by atoms with van der Waals surface area (Å²) < 4.78 is 0. The van der Waals surface area contributed by atoms with Crippen molar-refractivity contribution in [3.8, 4) is 11.5 Å². The molecule has 3 N–H and O–H groups in total. The zero-order valence-electron chi connectivity index (χ0n) is 13.2. The average molecular weight is 310 g/mol. The lowest BCUT2D eigenvalue weighted by Crippen LogP contribution is -2.11. The summed E-state index contributed by atoms with van der Waals surface area (Å²) in [6, 6.07) is 13.0. The minimum atomic E-state index is -0.710. The van der Waals surface area contributed by atoms with E-state index in [1.54, 1.807) is 13.0 Å². The lowest BCUT2D eigenvalue weighted by Gasteiger charge is -2.13. The minimum Gasteiger partial charge on any atom is -0.508 e. The van der Waals surface area contributed by atoms with Crippen molar-refractivity contribution in [2.45, 2.75) is 25.9 Å². The number of aliphatic hydroxyl groups is 1. The Balaban J connectivity index is 2.15. The first-order chi connectivity index (χ1) is 11.0. The number of phenols is 2. The molecule has 120 valence electrons. The van der Waals surface area contributed by atoms with Crippen LogP contribution in [0.15, 0.2) is 60.7 Å². The van der Waals surface area contributed by atoms with Crippen LogP contribution in [0.4, 0.5) is 0 Å². The normalized spacial score (nSPS) is 12.4. The maximum absolute atomic E-state index is 9.98. The largest absolute Gasteiger partial charge is 0.508 e. The van der Waals surface area contributed by atoms with E-state index < -0.39 is 6.10 Å². The maximum Gasteiger partial charge on any atom is 0.122 e. The highest BCUT2D eigenvalue weighted by molar-refractivity contribution is 5.51. The van der Waals surface area contributed by atoms with Crippen molar-refractivity contribution in [3.05, 3.63) is 77.4 Å². The van der Waals surface area contributed by atoms with Crippen LogP contribution in [0.3, 0.4) is 0 Å². The zero-order valence-corrected chi connectivity index (χ0v) is 13.2. The van der Waals surface area contributed by atoms with Crippen LogP contribution >= 0.6 is 0 Å². The van der Waals surface area contributed by atoms with Crippen molar-refractivity contribution in [2.75, 3.05) is 0 Å². The number of hydrogen-bond acceptors (Lipinski definition) is 3. The molecule has 3 nitrogen and oxygen atoms in total. The quantitative estimate of drug-likeness (QED) is 0.711. The van der Waals surface area contributed by atoms with Gasteiger partial charge in [0.15, 0.2) is 0 Å². The van der Waals surface area contributed by atoms with Crippen molar-refractivity contribution in [3.63, 3.8) is 0 Å². The first kappa shape index (κ1) is 16.8. The first-order valence-corrected chi connectivity index (χ1v) is 7.56. The van der Waals surface area contributed by atoms with Crippen LogP contribution in [0, 0.1) is 0 Å². The molecule has 0 saturated carbocycles. The molecule has 0 unspecified atom stereocenters. The minimum absolute atomic E-state index is 0.0152. The summed E-state index contributed by atoms with van der Waals surface area (Å²) in [4.78, 5) is 0. The van der Waals surface area contributed by atoms with Crippen LogP contribution in [0.2, 0.25) is 0 Å². The Kier molecular flexibility index (Phi) is 5.61. The lowest BCUT2D eigenvalue weighted by atomic mass is 9.98. The monoisotopic (exact) mass is 310 g/mol. The van der Waals surface area contributed by atoms with E-state index in [1.807, 2.05) is 42.5 Å². The third-order valence-electron chi connectivity index (χ3n) is 3.71. The van der Waals surface area contributed by atoms with Crippen molar-refractivity contribution in [2.24, 2.45) is 0 Å². The Morgan fingerprint density at radius 1 is 1.09 bits per heavy atom. The third-order valence-corrected chi connectivity index (χ3v) is 3.71.